The number of rotatable bonds is 22. The maximum absolute atomic E-state index is 14.4. The van der Waals surface area contributed by atoms with Crippen molar-refractivity contribution in [2.45, 2.75) is 103 Å². The van der Waals surface area contributed by atoms with Gasteiger partial charge < -0.3 is 36.8 Å². The quantitative estimate of drug-likeness (QED) is 0.0951. The van der Waals surface area contributed by atoms with Gasteiger partial charge in [0.15, 0.2) is 5.78 Å². The van der Waals surface area contributed by atoms with Crippen molar-refractivity contribution in [3.63, 3.8) is 0 Å². The molecule has 1 saturated heterocycles. The van der Waals surface area contributed by atoms with Crippen LogP contribution in [0.5, 0.6) is 5.75 Å². The second-order valence-corrected chi connectivity index (χ2v) is 15.8. The maximum Gasteiger partial charge on any atom is 0.374 e. The van der Waals surface area contributed by atoms with Crippen molar-refractivity contribution in [1.29, 1.82) is 0 Å². The summed E-state index contributed by atoms with van der Waals surface area (Å²) in [5, 5.41) is 27.7. The van der Waals surface area contributed by atoms with Crippen LogP contribution in [0.3, 0.4) is 0 Å². The van der Waals surface area contributed by atoms with Crippen LogP contribution in [0.25, 0.3) is 0 Å². The predicted octanol–water partition coefficient (Wildman–Crippen LogP) is 2.88. The van der Waals surface area contributed by atoms with Crippen molar-refractivity contribution in [3.05, 3.63) is 77.5 Å². The molecule has 0 aromatic heterocycles. The Morgan fingerprint density at radius 1 is 0.831 bits per heavy atom. The van der Waals surface area contributed by atoms with Crippen LogP contribution < -0.4 is 21.7 Å². The van der Waals surface area contributed by atoms with E-state index in [2.05, 4.69) is 20.9 Å². The molecule has 1 fully saturated rings. The number of carbonyl (C=O) groups is 7. The number of benzene rings is 2. The van der Waals surface area contributed by atoms with Gasteiger partial charge in [0.1, 0.15) is 23.9 Å². The fourth-order valence-corrected chi connectivity index (χ4v) is 7.48. The Bertz CT molecular complexity index is 1880. The second-order valence-electron chi connectivity index (χ2n) is 15.8. The van der Waals surface area contributed by atoms with Crippen molar-refractivity contribution >= 4 is 47.4 Å². The van der Waals surface area contributed by atoms with Crippen LogP contribution >= 0.6 is 0 Å². The van der Waals surface area contributed by atoms with E-state index in [1.165, 1.54) is 17.0 Å². The van der Waals surface area contributed by atoms with Crippen LogP contribution in [0.1, 0.15) is 77.3 Å². The van der Waals surface area contributed by atoms with E-state index in [1.54, 1.807) is 48.7 Å². The minimum atomic E-state index is -1.70. The van der Waals surface area contributed by atoms with E-state index < -0.39 is 71.3 Å². The summed E-state index contributed by atoms with van der Waals surface area (Å²) in [4.78, 5) is 100. The fourth-order valence-electron chi connectivity index (χ4n) is 7.48. The summed E-state index contributed by atoms with van der Waals surface area (Å²) in [6, 6.07) is 10.3. The molecule has 15 nitrogen and oxygen atoms in total. The number of phenols is 1. The standard InChI is InChI=1S/C44H58N6O9/c1-5-27(4)32(24-38(52)34(21-29-15-17-31(51)18-16-29)47-41(55)33(25-45)26(2)3)40(54)49-36(23-30-13-9-19-46-30)43(57)50-20-10-14-37(50)42(56)48-35(39(53)44(58)59)22-28-11-7-6-8-12-28/h6-8,11-13,15-19,26-27,32-37,51H,5,9-10,14,20-25,45H2,1-4H3,(H,47,55)(H,48,56)(H,49,54)(H,58,59). The minimum Gasteiger partial charge on any atom is -0.508 e. The van der Waals surface area contributed by atoms with Gasteiger partial charge >= 0.3 is 5.97 Å². The molecule has 7 unspecified atom stereocenters. The summed E-state index contributed by atoms with van der Waals surface area (Å²) in [6.45, 7) is 7.69. The highest BCUT2D eigenvalue weighted by atomic mass is 16.4. The third kappa shape index (κ3) is 12.9. The summed E-state index contributed by atoms with van der Waals surface area (Å²) in [5.74, 6) is -7.30. The average Bonchev–Trinajstić information content (AvgIpc) is 3.92. The van der Waals surface area contributed by atoms with Crippen LogP contribution in [0, 0.1) is 23.7 Å². The first-order valence-corrected chi connectivity index (χ1v) is 20.4. The molecule has 318 valence electrons. The Labute approximate surface area is 345 Å². The van der Waals surface area contributed by atoms with Crippen molar-refractivity contribution in [2.75, 3.05) is 13.1 Å². The molecule has 2 aliphatic rings. The van der Waals surface area contributed by atoms with Crippen molar-refractivity contribution < 1.29 is 43.8 Å². The van der Waals surface area contributed by atoms with Gasteiger partial charge in [0.25, 0.3) is 5.78 Å². The lowest BCUT2D eigenvalue weighted by molar-refractivity contribution is -0.151. The number of aliphatic carboxylic acids is 1. The number of ketones is 2. The zero-order valence-corrected chi connectivity index (χ0v) is 34.3. The average molecular weight is 815 g/mol. The molecule has 59 heavy (non-hydrogen) atoms. The molecule has 0 saturated carbocycles. The number of phenolic OH excluding ortho intramolecular Hbond substituents is 1. The van der Waals surface area contributed by atoms with Crippen LogP contribution in [-0.4, -0.2) is 99.7 Å². The highest BCUT2D eigenvalue weighted by Gasteiger charge is 2.41. The van der Waals surface area contributed by atoms with Crippen LogP contribution in [0.15, 0.2) is 71.4 Å². The number of hydrogen-bond acceptors (Lipinski definition) is 10. The summed E-state index contributed by atoms with van der Waals surface area (Å²) in [7, 11) is 0. The molecule has 7 N–H and O–H groups in total. The number of aromatic hydroxyl groups is 1. The lowest BCUT2D eigenvalue weighted by atomic mass is 9.84. The van der Waals surface area contributed by atoms with E-state index in [0.29, 0.717) is 36.1 Å². The Hall–Kier alpha value is -5.70. The molecule has 0 spiro atoms. The number of likely N-dealkylation sites (tertiary alicyclic amines) is 1. The fraction of sp³-hybridized carbons (Fsp3) is 0.500. The normalized spacial score (nSPS) is 17.9. The SMILES string of the molecule is CCC(C)C(CC(=O)C(Cc1ccc(O)cc1)NC(=O)C(CN)C(C)C)C(=O)NC(CC1=CCC=N1)C(=O)N1CCCC1C(=O)NC(Cc1ccccc1)C(=O)C(=O)O. The molecule has 15 heteroatoms. The molecular formula is C44H58N6O9. The van der Waals surface area contributed by atoms with E-state index in [4.69, 9.17) is 5.73 Å². The van der Waals surface area contributed by atoms with Gasteiger partial charge in [0.05, 0.1) is 12.0 Å². The Morgan fingerprint density at radius 3 is 2.05 bits per heavy atom. The zero-order chi connectivity index (χ0) is 43.2. The van der Waals surface area contributed by atoms with Crippen molar-refractivity contribution in [3.8, 4) is 5.75 Å². The van der Waals surface area contributed by atoms with E-state index >= 15 is 0 Å². The molecule has 0 radical (unpaired) electrons. The number of aliphatic imine (C=N–C) groups is 1. The number of amides is 4. The van der Waals surface area contributed by atoms with Gasteiger partial charge in [-0.1, -0.05) is 82.7 Å². The lowest BCUT2D eigenvalue weighted by Gasteiger charge is -2.31. The van der Waals surface area contributed by atoms with Crippen molar-refractivity contribution in [1.82, 2.24) is 20.9 Å². The van der Waals surface area contributed by atoms with Gasteiger partial charge in [0.2, 0.25) is 23.6 Å². The van der Waals surface area contributed by atoms with Crippen molar-refractivity contribution in [2.24, 2.45) is 34.4 Å². The van der Waals surface area contributed by atoms with Crippen LogP contribution in [0.2, 0.25) is 0 Å². The maximum atomic E-state index is 14.4. The van der Waals surface area contributed by atoms with Crippen LogP contribution in [0.4, 0.5) is 0 Å². The smallest absolute Gasteiger partial charge is 0.374 e. The van der Waals surface area contributed by atoms with E-state index in [1.807, 2.05) is 33.8 Å². The monoisotopic (exact) mass is 814 g/mol. The number of allylic oxidation sites excluding steroid dienone is 1. The molecule has 2 aromatic rings. The highest BCUT2D eigenvalue weighted by molar-refractivity contribution is 6.35. The summed E-state index contributed by atoms with van der Waals surface area (Å²) in [5.41, 5.74) is 7.80. The number of nitrogens with one attached hydrogen (secondary N) is 3. The third-order valence-corrected chi connectivity index (χ3v) is 11.3. The number of carboxylic acids is 1. The number of hydrogen-bond donors (Lipinski definition) is 6. The summed E-state index contributed by atoms with van der Waals surface area (Å²) >= 11 is 0. The topological polar surface area (TPSA) is 238 Å². The highest BCUT2D eigenvalue weighted by Crippen LogP contribution is 2.26. The summed E-state index contributed by atoms with van der Waals surface area (Å²) in [6.07, 6.45) is 5.05. The van der Waals surface area contributed by atoms with Gasteiger partial charge in [0, 0.05) is 56.6 Å². The van der Waals surface area contributed by atoms with Gasteiger partial charge in [-0.05, 0) is 54.4 Å². The lowest BCUT2D eigenvalue weighted by Crippen LogP contribution is -2.57. The second kappa shape index (κ2) is 21.9. The van der Waals surface area contributed by atoms with Gasteiger partial charge in [-0.25, -0.2) is 4.79 Å². The van der Waals surface area contributed by atoms with Gasteiger partial charge in [-0.2, -0.15) is 0 Å². The molecule has 2 aromatic carbocycles. The first-order valence-electron chi connectivity index (χ1n) is 20.4. The first-order chi connectivity index (χ1) is 28.1. The number of carbonyl (C=O) groups excluding carboxylic acids is 6. The molecular weight excluding hydrogens is 757 g/mol. The van der Waals surface area contributed by atoms with E-state index in [0.717, 1.165) is 0 Å². The summed E-state index contributed by atoms with van der Waals surface area (Å²) < 4.78 is 0. The first kappa shape index (κ1) is 46.0. The molecule has 4 rings (SSSR count). The third-order valence-electron chi connectivity index (χ3n) is 11.3. The molecule has 4 amide bonds. The number of nitrogens with two attached hydrogens (primary N) is 1. The Morgan fingerprint density at radius 2 is 1.46 bits per heavy atom. The molecule has 0 aliphatic carbocycles. The number of Topliss-reactive ketones (excluding diaryl/α,β-unsaturated/α-hetero) is 2. The van der Waals surface area contributed by atoms with Gasteiger partial charge in [-0.3, -0.25) is 33.8 Å². The van der Waals surface area contributed by atoms with Crippen LogP contribution in [-0.2, 0) is 46.4 Å². The molecule has 0 bridgehead atoms. The molecule has 7 atom stereocenters. The molecule has 2 heterocycles. The number of carboxylic acid groups (broad SMARTS) is 1. The Balaban J connectivity index is 1.57. The van der Waals surface area contributed by atoms with E-state index in [-0.39, 0.29) is 68.7 Å². The Kier molecular flexibility index (Phi) is 17.1. The number of nitrogens with zero attached hydrogens (tertiary/aromatic N) is 2. The largest absolute Gasteiger partial charge is 0.508 e. The predicted molar refractivity (Wildman–Crippen MR) is 221 cm³/mol. The zero-order valence-electron chi connectivity index (χ0n) is 34.3. The van der Waals surface area contributed by atoms with Gasteiger partial charge in [-0.15, -0.1) is 0 Å². The molecule has 2 aliphatic heterocycles. The minimum absolute atomic E-state index is 0.0103. The van der Waals surface area contributed by atoms with E-state index in [9.17, 15) is 43.8 Å².